The predicted molar refractivity (Wildman–Crippen MR) is 140 cm³/mol. The number of fused-ring (bicyclic) bond motifs is 2. The number of aromatic nitrogens is 2. The van der Waals surface area contributed by atoms with Crippen LogP contribution in [0.2, 0.25) is 0 Å². The SMILES string of the molecule is CN(C)C1(c2ccccc2)CC=C(c2c[nH]c3ccccc23)CC1.c1ccc2[nH]ccc2c1. The molecule has 2 aromatic heterocycles. The van der Waals surface area contributed by atoms with E-state index >= 15 is 0 Å². The second-order valence-electron chi connectivity index (χ2n) is 9.04. The predicted octanol–water partition coefficient (Wildman–Crippen LogP) is 7.36. The third-order valence-electron chi connectivity index (χ3n) is 7.06. The molecule has 0 bridgehead atoms. The lowest BCUT2D eigenvalue weighted by Crippen LogP contribution is -2.42. The van der Waals surface area contributed by atoms with E-state index in [9.17, 15) is 0 Å². The van der Waals surface area contributed by atoms with Crippen LogP contribution in [0.15, 0.2) is 103 Å². The Bertz CT molecular complexity index is 1340. The van der Waals surface area contributed by atoms with Crippen molar-refractivity contribution < 1.29 is 0 Å². The summed E-state index contributed by atoms with van der Waals surface area (Å²) in [5.41, 5.74) is 6.80. The molecule has 2 N–H and O–H groups in total. The maximum absolute atomic E-state index is 3.41. The third kappa shape index (κ3) is 4.12. The van der Waals surface area contributed by atoms with Gasteiger partial charge >= 0.3 is 0 Å². The average Bonchev–Trinajstić information content (AvgIpc) is 3.52. The molecule has 0 amide bonds. The topological polar surface area (TPSA) is 34.8 Å². The summed E-state index contributed by atoms with van der Waals surface area (Å²) in [7, 11) is 4.41. The van der Waals surface area contributed by atoms with Crippen molar-refractivity contribution >= 4 is 27.4 Å². The van der Waals surface area contributed by atoms with Gasteiger partial charge < -0.3 is 9.97 Å². The van der Waals surface area contributed by atoms with Gasteiger partial charge in [0.1, 0.15) is 0 Å². The summed E-state index contributed by atoms with van der Waals surface area (Å²) >= 11 is 0. The van der Waals surface area contributed by atoms with E-state index in [2.05, 4.69) is 114 Å². The molecule has 3 heteroatoms. The molecule has 1 atom stereocenters. The van der Waals surface area contributed by atoms with Crippen LogP contribution in [0.4, 0.5) is 0 Å². The molecule has 1 unspecified atom stereocenters. The highest BCUT2D eigenvalue weighted by Crippen LogP contribution is 2.43. The van der Waals surface area contributed by atoms with E-state index in [0.29, 0.717) is 0 Å². The number of allylic oxidation sites excluding steroid dienone is 1. The Morgan fingerprint density at radius 1 is 0.758 bits per heavy atom. The maximum Gasteiger partial charge on any atom is 0.0492 e. The molecule has 0 spiro atoms. The highest BCUT2D eigenvalue weighted by atomic mass is 15.1. The molecule has 5 aromatic rings. The van der Waals surface area contributed by atoms with Gasteiger partial charge in [0.25, 0.3) is 0 Å². The Labute approximate surface area is 195 Å². The highest BCUT2D eigenvalue weighted by molar-refractivity contribution is 5.92. The van der Waals surface area contributed by atoms with Gasteiger partial charge in [-0.1, -0.05) is 72.8 Å². The lowest BCUT2D eigenvalue weighted by atomic mass is 9.75. The second kappa shape index (κ2) is 9.13. The van der Waals surface area contributed by atoms with Crippen molar-refractivity contribution in [2.75, 3.05) is 14.1 Å². The van der Waals surface area contributed by atoms with Crippen molar-refractivity contribution in [3.8, 4) is 0 Å². The van der Waals surface area contributed by atoms with Crippen LogP contribution in [0.1, 0.15) is 30.4 Å². The molecular weight excluding hydrogens is 402 g/mol. The first kappa shape index (κ1) is 21.3. The van der Waals surface area contributed by atoms with Gasteiger partial charge in [0.2, 0.25) is 0 Å². The van der Waals surface area contributed by atoms with Crippen molar-refractivity contribution in [2.24, 2.45) is 0 Å². The highest BCUT2D eigenvalue weighted by Gasteiger charge is 2.36. The number of H-pyrrole nitrogens is 2. The van der Waals surface area contributed by atoms with Crippen LogP contribution in [0.3, 0.4) is 0 Å². The normalized spacial score (nSPS) is 18.2. The molecule has 0 aliphatic heterocycles. The van der Waals surface area contributed by atoms with Gasteiger partial charge in [-0.3, -0.25) is 4.90 Å². The van der Waals surface area contributed by atoms with Crippen molar-refractivity contribution in [1.82, 2.24) is 14.9 Å². The van der Waals surface area contributed by atoms with Crippen LogP contribution < -0.4 is 0 Å². The van der Waals surface area contributed by atoms with Gasteiger partial charge in [-0.05, 0) is 68.1 Å². The lowest BCUT2D eigenvalue weighted by Gasteiger charge is -2.43. The fourth-order valence-electron chi connectivity index (χ4n) is 5.09. The Morgan fingerprint density at radius 2 is 1.48 bits per heavy atom. The number of hydrogen-bond acceptors (Lipinski definition) is 1. The molecule has 3 nitrogen and oxygen atoms in total. The minimum atomic E-state index is 0.108. The van der Waals surface area contributed by atoms with Crippen LogP contribution in [-0.4, -0.2) is 29.0 Å². The van der Waals surface area contributed by atoms with Crippen molar-refractivity contribution in [2.45, 2.75) is 24.8 Å². The van der Waals surface area contributed by atoms with Crippen LogP contribution in [0, 0.1) is 0 Å². The number of hydrogen-bond donors (Lipinski definition) is 2. The fraction of sp³-hybridized carbons (Fsp3) is 0.200. The monoisotopic (exact) mass is 433 g/mol. The molecule has 0 fully saturated rings. The first-order valence-electron chi connectivity index (χ1n) is 11.7. The Kier molecular flexibility index (Phi) is 5.89. The van der Waals surface area contributed by atoms with E-state index in [-0.39, 0.29) is 5.54 Å². The zero-order valence-electron chi connectivity index (χ0n) is 19.4. The molecular formula is C30H31N3. The van der Waals surface area contributed by atoms with Crippen LogP contribution >= 0.6 is 0 Å². The summed E-state index contributed by atoms with van der Waals surface area (Å²) in [6.45, 7) is 0. The molecule has 33 heavy (non-hydrogen) atoms. The van der Waals surface area contributed by atoms with Crippen LogP contribution in [0.5, 0.6) is 0 Å². The lowest BCUT2D eigenvalue weighted by molar-refractivity contribution is 0.138. The van der Waals surface area contributed by atoms with Crippen LogP contribution in [-0.2, 0) is 5.54 Å². The summed E-state index contributed by atoms with van der Waals surface area (Å²) in [5.74, 6) is 0. The zero-order valence-corrected chi connectivity index (χ0v) is 19.4. The standard InChI is InChI=1S/C22H24N2.C8H7N/c1-24(2)22(18-8-4-3-5-9-18)14-12-17(13-15-22)20-16-23-21-11-7-6-10-19(20)21;1-2-4-8-7(3-1)5-6-9-8/h3-12,16,23H,13-15H2,1-2H3;1-6,9H. The Balaban J connectivity index is 0.000000211. The van der Waals surface area contributed by atoms with E-state index < -0.39 is 0 Å². The largest absolute Gasteiger partial charge is 0.361 e. The number of benzene rings is 3. The first-order chi connectivity index (χ1) is 16.2. The molecule has 3 aromatic carbocycles. The first-order valence-corrected chi connectivity index (χ1v) is 11.7. The summed E-state index contributed by atoms with van der Waals surface area (Å²) < 4.78 is 0. The van der Waals surface area contributed by atoms with E-state index in [0.717, 1.165) is 19.3 Å². The van der Waals surface area contributed by atoms with Gasteiger partial charge in [0.15, 0.2) is 0 Å². The molecule has 1 aliphatic carbocycles. The molecule has 0 saturated carbocycles. The minimum absolute atomic E-state index is 0.108. The van der Waals surface area contributed by atoms with E-state index in [1.165, 1.54) is 38.5 Å². The van der Waals surface area contributed by atoms with Gasteiger partial charge in [-0.25, -0.2) is 0 Å². The number of nitrogens with one attached hydrogen (secondary N) is 2. The number of para-hydroxylation sites is 2. The average molecular weight is 434 g/mol. The minimum Gasteiger partial charge on any atom is -0.361 e. The summed E-state index contributed by atoms with van der Waals surface area (Å²) in [5, 5.41) is 2.61. The zero-order chi connectivity index (χ0) is 22.7. The van der Waals surface area contributed by atoms with Gasteiger partial charge in [0, 0.05) is 39.9 Å². The van der Waals surface area contributed by atoms with Crippen molar-refractivity contribution in [3.05, 3.63) is 115 Å². The fourth-order valence-corrected chi connectivity index (χ4v) is 5.09. The van der Waals surface area contributed by atoms with Gasteiger partial charge in [-0.15, -0.1) is 0 Å². The summed E-state index contributed by atoms with van der Waals surface area (Å²) in [6.07, 6.45) is 9.88. The summed E-state index contributed by atoms with van der Waals surface area (Å²) in [6, 6.07) is 29.8. The molecule has 1 aliphatic rings. The van der Waals surface area contributed by atoms with E-state index in [1.807, 2.05) is 18.3 Å². The number of nitrogens with zero attached hydrogens (tertiary/aromatic N) is 1. The molecule has 6 rings (SSSR count). The molecule has 166 valence electrons. The molecule has 0 saturated heterocycles. The van der Waals surface area contributed by atoms with Crippen LogP contribution in [0.25, 0.3) is 27.4 Å². The third-order valence-corrected chi connectivity index (χ3v) is 7.06. The summed E-state index contributed by atoms with van der Waals surface area (Å²) in [4.78, 5) is 8.92. The van der Waals surface area contributed by atoms with E-state index in [4.69, 9.17) is 0 Å². The molecule has 2 heterocycles. The Hall–Kier alpha value is -3.56. The Morgan fingerprint density at radius 3 is 2.21 bits per heavy atom. The second-order valence-corrected chi connectivity index (χ2v) is 9.04. The van der Waals surface area contributed by atoms with Gasteiger partial charge in [-0.2, -0.15) is 0 Å². The maximum atomic E-state index is 3.41. The molecule has 0 radical (unpaired) electrons. The number of rotatable bonds is 3. The number of aromatic amines is 2. The van der Waals surface area contributed by atoms with Crippen molar-refractivity contribution in [3.63, 3.8) is 0 Å². The van der Waals surface area contributed by atoms with E-state index in [1.54, 1.807) is 0 Å². The van der Waals surface area contributed by atoms with Crippen molar-refractivity contribution in [1.29, 1.82) is 0 Å². The van der Waals surface area contributed by atoms with Gasteiger partial charge in [0.05, 0.1) is 0 Å². The quantitative estimate of drug-likeness (QED) is 0.306. The smallest absolute Gasteiger partial charge is 0.0492 e.